The summed E-state index contributed by atoms with van der Waals surface area (Å²) < 4.78 is 0. The van der Waals surface area contributed by atoms with Gasteiger partial charge in [0, 0.05) is 12.2 Å². The number of carboxylic acids is 1. The van der Waals surface area contributed by atoms with Gasteiger partial charge in [-0.25, -0.2) is 0 Å². The molecule has 0 radical (unpaired) electrons. The summed E-state index contributed by atoms with van der Waals surface area (Å²) >= 11 is 0. The molecule has 0 atom stereocenters. The maximum atomic E-state index is 11.6. The van der Waals surface area contributed by atoms with E-state index in [9.17, 15) is 9.59 Å². The van der Waals surface area contributed by atoms with Crippen LogP contribution in [0, 0.1) is 6.92 Å². The monoisotopic (exact) mass is 236 g/mol. The number of aryl methyl sites for hydroxylation is 1. The summed E-state index contributed by atoms with van der Waals surface area (Å²) in [6.45, 7) is 4.51. The number of aliphatic carboxylic acids is 1. The molecule has 1 amide bonds. The Bertz CT molecular complexity index is 418. The molecule has 0 saturated carbocycles. The van der Waals surface area contributed by atoms with E-state index in [1.807, 2.05) is 32.0 Å². The van der Waals surface area contributed by atoms with Crippen LogP contribution in [0.25, 0.3) is 0 Å². The van der Waals surface area contributed by atoms with E-state index in [1.54, 1.807) is 0 Å². The number of hydrogen-bond donors (Lipinski definition) is 1. The lowest BCUT2D eigenvalue weighted by molar-refractivity contribution is -0.144. The van der Waals surface area contributed by atoms with E-state index in [0.717, 1.165) is 11.4 Å². The van der Waals surface area contributed by atoms with Gasteiger partial charge in [0.1, 0.15) is 6.42 Å². The summed E-state index contributed by atoms with van der Waals surface area (Å²) in [7, 11) is 0. The number of pyridine rings is 1. The minimum Gasteiger partial charge on any atom is -0.481 e. The molecule has 0 fully saturated rings. The van der Waals surface area contributed by atoms with Crippen molar-refractivity contribution in [1.82, 2.24) is 9.88 Å². The average molecular weight is 236 g/mol. The number of carboxylic acid groups (broad SMARTS) is 1. The van der Waals surface area contributed by atoms with E-state index in [2.05, 4.69) is 4.98 Å². The molecule has 5 nitrogen and oxygen atoms in total. The van der Waals surface area contributed by atoms with Gasteiger partial charge in [0.25, 0.3) is 0 Å². The van der Waals surface area contributed by atoms with Gasteiger partial charge >= 0.3 is 5.97 Å². The van der Waals surface area contributed by atoms with Gasteiger partial charge in [-0.2, -0.15) is 0 Å². The van der Waals surface area contributed by atoms with E-state index >= 15 is 0 Å². The van der Waals surface area contributed by atoms with Crippen molar-refractivity contribution in [2.45, 2.75) is 26.8 Å². The quantitative estimate of drug-likeness (QED) is 0.780. The Morgan fingerprint density at radius 3 is 2.65 bits per heavy atom. The maximum Gasteiger partial charge on any atom is 0.312 e. The first-order valence-corrected chi connectivity index (χ1v) is 5.45. The van der Waals surface area contributed by atoms with E-state index in [4.69, 9.17) is 5.11 Å². The highest BCUT2D eigenvalue weighted by molar-refractivity contribution is 5.93. The van der Waals surface area contributed by atoms with Crippen LogP contribution in [0.5, 0.6) is 0 Å². The third-order valence-corrected chi connectivity index (χ3v) is 2.34. The Morgan fingerprint density at radius 1 is 1.41 bits per heavy atom. The molecule has 0 saturated heterocycles. The predicted molar refractivity (Wildman–Crippen MR) is 62.3 cm³/mol. The van der Waals surface area contributed by atoms with Gasteiger partial charge in [-0.05, 0) is 26.0 Å². The number of carbonyl (C=O) groups excluding carboxylic acids is 1. The van der Waals surface area contributed by atoms with Crippen molar-refractivity contribution >= 4 is 11.9 Å². The third kappa shape index (κ3) is 4.22. The Morgan fingerprint density at radius 2 is 2.12 bits per heavy atom. The van der Waals surface area contributed by atoms with Gasteiger partial charge < -0.3 is 10.0 Å². The number of amides is 1. The zero-order valence-electron chi connectivity index (χ0n) is 10.0. The van der Waals surface area contributed by atoms with Gasteiger partial charge in [0.15, 0.2) is 0 Å². The number of aromatic nitrogens is 1. The van der Waals surface area contributed by atoms with Crippen LogP contribution in [-0.4, -0.2) is 33.4 Å². The lowest BCUT2D eigenvalue weighted by atomic mass is 10.2. The minimum absolute atomic E-state index is 0.351. The molecule has 1 rings (SSSR count). The molecular formula is C12H16N2O3. The Labute approximate surface area is 100 Å². The Hall–Kier alpha value is -1.91. The van der Waals surface area contributed by atoms with Crippen molar-refractivity contribution in [2.75, 3.05) is 6.54 Å². The van der Waals surface area contributed by atoms with Crippen LogP contribution in [0.4, 0.5) is 0 Å². The Balaban J connectivity index is 2.69. The number of hydrogen-bond acceptors (Lipinski definition) is 3. The zero-order chi connectivity index (χ0) is 12.8. The van der Waals surface area contributed by atoms with Crippen LogP contribution >= 0.6 is 0 Å². The molecule has 1 N–H and O–H groups in total. The molecule has 0 aliphatic heterocycles. The summed E-state index contributed by atoms with van der Waals surface area (Å²) in [4.78, 5) is 27.8. The minimum atomic E-state index is -1.11. The van der Waals surface area contributed by atoms with Crippen LogP contribution in [-0.2, 0) is 16.1 Å². The fourth-order valence-electron chi connectivity index (χ4n) is 1.50. The molecule has 0 unspecified atom stereocenters. The lowest BCUT2D eigenvalue weighted by Gasteiger charge is -2.19. The normalized spacial score (nSPS) is 10.0. The second kappa shape index (κ2) is 5.98. The van der Waals surface area contributed by atoms with Crippen LogP contribution in [0.1, 0.15) is 24.7 Å². The van der Waals surface area contributed by atoms with Crippen molar-refractivity contribution in [1.29, 1.82) is 0 Å². The first-order chi connectivity index (χ1) is 8.02. The summed E-state index contributed by atoms with van der Waals surface area (Å²) in [6.07, 6.45) is -0.473. The SMILES string of the molecule is CCN(Cc1cccc(C)n1)C(=O)CC(=O)O. The van der Waals surface area contributed by atoms with Crippen molar-refractivity contribution in [3.63, 3.8) is 0 Å². The van der Waals surface area contributed by atoms with E-state index in [-0.39, 0.29) is 5.91 Å². The molecule has 0 aliphatic carbocycles. The van der Waals surface area contributed by atoms with Crippen LogP contribution in [0.3, 0.4) is 0 Å². The highest BCUT2D eigenvalue weighted by atomic mass is 16.4. The molecule has 92 valence electrons. The van der Waals surface area contributed by atoms with Gasteiger partial charge in [-0.1, -0.05) is 6.07 Å². The van der Waals surface area contributed by atoms with E-state index in [1.165, 1.54) is 4.90 Å². The molecule has 1 heterocycles. The largest absolute Gasteiger partial charge is 0.481 e. The smallest absolute Gasteiger partial charge is 0.312 e. The molecule has 0 aliphatic rings. The molecular weight excluding hydrogens is 220 g/mol. The summed E-state index contributed by atoms with van der Waals surface area (Å²) in [5.74, 6) is -1.49. The number of rotatable bonds is 5. The highest BCUT2D eigenvalue weighted by Gasteiger charge is 2.15. The Kier molecular flexibility index (Phi) is 4.63. The molecule has 0 aromatic carbocycles. The molecule has 1 aromatic rings. The first-order valence-electron chi connectivity index (χ1n) is 5.45. The van der Waals surface area contributed by atoms with Gasteiger partial charge in [0.05, 0.1) is 12.2 Å². The zero-order valence-corrected chi connectivity index (χ0v) is 10.0. The summed E-state index contributed by atoms with van der Waals surface area (Å²) in [5, 5.41) is 8.58. The topological polar surface area (TPSA) is 70.5 Å². The third-order valence-electron chi connectivity index (χ3n) is 2.34. The summed E-state index contributed by atoms with van der Waals surface area (Å²) in [6, 6.07) is 5.57. The van der Waals surface area contributed by atoms with E-state index < -0.39 is 12.4 Å². The van der Waals surface area contributed by atoms with Crippen LogP contribution < -0.4 is 0 Å². The molecule has 1 aromatic heterocycles. The molecule has 0 bridgehead atoms. The average Bonchev–Trinajstić information content (AvgIpc) is 2.24. The van der Waals surface area contributed by atoms with Crippen LogP contribution in [0.2, 0.25) is 0 Å². The summed E-state index contributed by atoms with van der Waals surface area (Å²) in [5.41, 5.74) is 1.65. The lowest BCUT2D eigenvalue weighted by Crippen LogP contribution is -2.32. The van der Waals surface area contributed by atoms with Gasteiger partial charge in [0.2, 0.25) is 5.91 Å². The fraction of sp³-hybridized carbons (Fsp3) is 0.417. The standard InChI is InChI=1S/C12H16N2O3/c1-3-14(11(15)7-12(16)17)8-10-6-4-5-9(2)13-10/h4-6H,3,7-8H2,1-2H3,(H,16,17). The molecule has 0 spiro atoms. The second-order valence-corrected chi connectivity index (χ2v) is 3.75. The van der Waals surface area contributed by atoms with Gasteiger partial charge in [-0.3, -0.25) is 14.6 Å². The predicted octanol–water partition coefficient (Wildman–Crippen LogP) is 1.21. The van der Waals surface area contributed by atoms with Crippen LogP contribution in [0.15, 0.2) is 18.2 Å². The number of carbonyl (C=O) groups is 2. The highest BCUT2D eigenvalue weighted by Crippen LogP contribution is 2.05. The molecule has 17 heavy (non-hydrogen) atoms. The van der Waals surface area contributed by atoms with Crippen molar-refractivity contribution < 1.29 is 14.7 Å². The second-order valence-electron chi connectivity index (χ2n) is 3.75. The number of nitrogens with zero attached hydrogens (tertiary/aromatic N) is 2. The van der Waals surface area contributed by atoms with Gasteiger partial charge in [-0.15, -0.1) is 0 Å². The van der Waals surface area contributed by atoms with Crippen molar-refractivity contribution in [3.8, 4) is 0 Å². The fourth-order valence-corrected chi connectivity index (χ4v) is 1.50. The van der Waals surface area contributed by atoms with Crippen molar-refractivity contribution in [3.05, 3.63) is 29.6 Å². The van der Waals surface area contributed by atoms with Crippen molar-refractivity contribution in [2.24, 2.45) is 0 Å². The van der Waals surface area contributed by atoms with E-state index in [0.29, 0.717) is 13.1 Å². The first kappa shape index (κ1) is 13.2. The molecule has 5 heteroatoms. The maximum absolute atomic E-state index is 11.6.